The van der Waals surface area contributed by atoms with Crippen LogP contribution < -0.4 is 11.1 Å². The summed E-state index contributed by atoms with van der Waals surface area (Å²) in [7, 11) is 0. The number of nitrogens with two attached hydrogens (primary N) is 1. The zero-order chi connectivity index (χ0) is 10.4. The van der Waals surface area contributed by atoms with E-state index in [4.69, 9.17) is 5.73 Å². The largest absolute Gasteiger partial charge is 0.320 e. The van der Waals surface area contributed by atoms with Crippen molar-refractivity contribution < 1.29 is 4.79 Å². The molecule has 1 heterocycles. The van der Waals surface area contributed by atoms with Gasteiger partial charge in [0, 0.05) is 6.07 Å². The lowest BCUT2D eigenvalue weighted by molar-refractivity contribution is -0.117. The van der Waals surface area contributed by atoms with Gasteiger partial charge in [-0.25, -0.2) is 0 Å². The summed E-state index contributed by atoms with van der Waals surface area (Å²) in [6.07, 6.45) is 4.24. The first kappa shape index (κ1) is 11.1. The lowest BCUT2D eigenvalue weighted by Gasteiger charge is -2.09. The second-order valence-electron chi connectivity index (χ2n) is 2.85. The molecule has 1 aromatic rings. The van der Waals surface area contributed by atoms with Crippen LogP contribution in [0.1, 0.15) is 6.42 Å². The molecule has 0 fully saturated rings. The van der Waals surface area contributed by atoms with Crippen molar-refractivity contribution in [1.82, 2.24) is 10.2 Å². The summed E-state index contributed by atoms with van der Waals surface area (Å²) in [4.78, 5) is 11.4. The molecule has 0 saturated heterocycles. The Morgan fingerprint density at radius 1 is 1.86 bits per heavy atom. The minimum atomic E-state index is -0.453. The molecule has 0 aliphatic rings. The minimum absolute atomic E-state index is 0.177. The first-order chi connectivity index (χ1) is 6.74. The molecule has 1 amide bonds. The van der Waals surface area contributed by atoms with Crippen LogP contribution >= 0.6 is 11.8 Å². The van der Waals surface area contributed by atoms with Crippen LogP contribution in [0.5, 0.6) is 0 Å². The van der Waals surface area contributed by atoms with Gasteiger partial charge in [0.2, 0.25) is 5.91 Å². The average Bonchev–Trinajstić information content (AvgIpc) is 2.66. The second kappa shape index (κ2) is 5.66. The van der Waals surface area contributed by atoms with Gasteiger partial charge >= 0.3 is 0 Å². The third-order valence-electron chi connectivity index (χ3n) is 1.73. The number of aromatic amines is 1. The molecule has 1 rings (SSSR count). The van der Waals surface area contributed by atoms with Crippen LogP contribution in [-0.4, -0.2) is 34.2 Å². The number of thioether (sulfide) groups is 1. The summed E-state index contributed by atoms with van der Waals surface area (Å²) in [5, 5.41) is 8.99. The summed E-state index contributed by atoms with van der Waals surface area (Å²) >= 11 is 1.68. The van der Waals surface area contributed by atoms with Crippen LogP contribution in [0.3, 0.4) is 0 Å². The number of amides is 1. The lowest BCUT2D eigenvalue weighted by atomic mass is 10.2. The standard InChI is InChI=1S/C8H14N4OS/c1-14-5-3-6(9)8(13)11-7-2-4-10-12-7/h2,4,6H,3,5,9H2,1H3,(H2,10,11,12,13)/t6-/m1/s1. The van der Waals surface area contributed by atoms with E-state index in [-0.39, 0.29) is 5.91 Å². The number of hydrogen-bond donors (Lipinski definition) is 3. The van der Waals surface area contributed by atoms with Gasteiger partial charge in [0.25, 0.3) is 0 Å². The molecular formula is C8H14N4OS. The zero-order valence-electron chi connectivity index (χ0n) is 7.99. The molecular weight excluding hydrogens is 200 g/mol. The molecule has 0 bridgehead atoms. The Labute approximate surface area is 86.8 Å². The molecule has 1 atom stereocenters. The summed E-state index contributed by atoms with van der Waals surface area (Å²) < 4.78 is 0. The van der Waals surface area contributed by atoms with E-state index in [0.29, 0.717) is 12.2 Å². The number of H-pyrrole nitrogens is 1. The Balaban J connectivity index is 2.34. The normalized spacial score (nSPS) is 12.4. The van der Waals surface area contributed by atoms with E-state index >= 15 is 0 Å². The van der Waals surface area contributed by atoms with Gasteiger partial charge in [-0.3, -0.25) is 9.89 Å². The summed E-state index contributed by atoms with van der Waals surface area (Å²) in [6, 6.07) is 1.23. The molecule has 0 aromatic carbocycles. The molecule has 14 heavy (non-hydrogen) atoms. The van der Waals surface area contributed by atoms with Gasteiger partial charge in [0.15, 0.2) is 0 Å². The van der Waals surface area contributed by atoms with Crippen LogP contribution in [0.4, 0.5) is 5.82 Å². The Hall–Kier alpha value is -1.01. The van der Waals surface area contributed by atoms with E-state index < -0.39 is 6.04 Å². The monoisotopic (exact) mass is 214 g/mol. The van der Waals surface area contributed by atoms with Crippen LogP contribution in [0.15, 0.2) is 12.3 Å². The Morgan fingerprint density at radius 2 is 2.64 bits per heavy atom. The number of hydrogen-bond acceptors (Lipinski definition) is 4. The minimum Gasteiger partial charge on any atom is -0.320 e. The van der Waals surface area contributed by atoms with Gasteiger partial charge in [-0.1, -0.05) is 0 Å². The van der Waals surface area contributed by atoms with Crippen molar-refractivity contribution in [3.8, 4) is 0 Å². The number of anilines is 1. The van der Waals surface area contributed by atoms with Crippen LogP contribution in [0.2, 0.25) is 0 Å². The SMILES string of the molecule is CSCC[C@@H](N)C(=O)Nc1ccn[nH]1. The molecule has 1 aromatic heterocycles. The van der Waals surface area contributed by atoms with Crippen molar-refractivity contribution in [2.45, 2.75) is 12.5 Å². The quantitative estimate of drug-likeness (QED) is 0.663. The number of rotatable bonds is 5. The van der Waals surface area contributed by atoms with E-state index in [9.17, 15) is 4.79 Å². The van der Waals surface area contributed by atoms with Crippen molar-refractivity contribution in [3.05, 3.63) is 12.3 Å². The van der Waals surface area contributed by atoms with Crippen LogP contribution in [0, 0.1) is 0 Å². The maximum atomic E-state index is 11.4. The Kier molecular flexibility index (Phi) is 4.48. The van der Waals surface area contributed by atoms with Gasteiger partial charge in [-0.2, -0.15) is 16.9 Å². The van der Waals surface area contributed by atoms with Crippen molar-refractivity contribution in [3.63, 3.8) is 0 Å². The van der Waals surface area contributed by atoms with Crippen molar-refractivity contribution in [2.75, 3.05) is 17.3 Å². The zero-order valence-corrected chi connectivity index (χ0v) is 8.80. The van der Waals surface area contributed by atoms with Gasteiger partial charge in [-0.15, -0.1) is 0 Å². The summed E-state index contributed by atoms with van der Waals surface area (Å²) in [5.41, 5.74) is 5.66. The first-order valence-corrected chi connectivity index (χ1v) is 5.68. The maximum Gasteiger partial charge on any atom is 0.242 e. The predicted octanol–water partition coefficient (Wildman–Crippen LogP) is 0.429. The van der Waals surface area contributed by atoms with Gasteiger partial charge in [0.05, 0.1) is 12.2 Å². The fourth-order valence-electron chi connectivity index (χ4n) is 0.927. The van der Waals surface area contributed by atoms with Gasteiger partial charge < -0.3 is 11.1 Å². The fourth-order valence-corrected chi connectivity index (χ4v) is 1.42. The predicted molar refractivity (Wildman–Crippen MR) is 58.2 cm³/mol. The molecule has 0 saturated carbocycles. The molecule has 0 spiro atoms. The summed E-state index contributed by atoms with van der Waals surface area (Å²) in [5.74, 6) is 1.29. The molecule has 0 unspecified atom stereocenters. The molecule has 6 heteroatoms. The summed E-state index contributed by atoms with van der Waals surface area (Å²) in [6.45, 7) is 0. The third-order valence-corrected chi connectivity index (χ3v) is 2.37. The van der Waals surface area contributed by atoms with E-state index in [2.05, 4.69) is 15.5 Å². The number of carbonyl (C=O) groups excluding carboxylic acids is 1. The van der Waals surface area contributed by atoms with Crippen molar-refractivity contribution in [1.29, 1.82) is 0 Å². The third kappa shape index (κ3) is 3.39. The fraction of sp³-hybridized carbons (Fsp3) is 0.500. The van der Waals surface area contributed by atoms with Gasteiger partial charge in [0.1, 0.15) is 5.82 Å². The topological polar surface area (TPSA) is 83.8 Å². The van der Waals surface area contributed by atoms with Crippen molar-refractivity contribution in [2.24, 2.45) is 5.73 Å². The number of carbonyl (C=O) groups is 1. The Bertz CT molecular complexity index is 275. The Morgan fingerprint density at radius 3 is 3.21 bits per heavy atom. The molecule has 78 valence electrons. The highest BCUT2D eigenvalue weighted by Crippen LogP contribution is 2.03. The second-order valence-corrected chi connectivity index (χ2v) is 3.83. The molecule has 0 aliphatic heterocycles. The highest BCUT2D eigenvalue weighted by atomic mass is 32.2. The van der Waals surface area contributed by atoms with Crippen LogP contribution in [0.25, 0.3) is 0 Å². The van der Waals surface area contributed by atoms with Gasteiger partial charge in [-0.05, 0) is 18.4 Å². The number of aromatic nitrogens is 2. The van der Waals surface area contributed by atoms with E-state index in [1.54, 1.807) is 24.0 Å². The van der Waals surface area contributed by atoms with Crippen LogP contribution in [-0.2, 0) is 4.79 Å². The highest BCUT2D eigenvalue weighted by Gasteiger charge is 2.12. The lowest BCUT2D eigenvalue weighted by Crippen LogP contribution is -2.36. The number of nitrogens with one attached hydrogen (secondary N) is 2. The van der Waals surface area contributed by atoms with Crippen molar-refractivity contribution >= 4 is 23.5 Å². The first-order valence-electron chi connectivity index (χ1n) is 4.29. The molecule has 0 aliphatic carbocycles. The van der Waals surface area contributed by atoms with E-state index in [0.717, 1.165) is 5.75 Å². The number of nitrogens with zero attached hydrogens (tertiary/aromatic N) is 1. The maximum absolute atomic E-state index is 11.4. The molecule has 5 nitrogen and oxygen atoms in total. The molecule has 4 N–H and O–H groups in total. The average molecular weight is 214 g/mol. The van der Waals surface area contributed by atoms with E-state index in [1.165, 1.54) is 0 Å². The smallest absolute Gasteiger partial charge is 0.242 e. The highest BCUT2D eigenvalue weighted by molar-refractivity contribution is 7.98. The molecule has 0 radical (unpaired) electrons. The van der Waals surface area contributed by atoms with E-state index in [1.807, 2.05) is 6.26 Å².